The highest BCUT2D eigenvalue weighted by atomic mass is 14.3. The van der Waals surface area contributed by atoms with Crippen molar-refractivity contribution >= 4 is 0 Å². The number of benzene rings is 1. The summed E-state index contributed by atoms with van der Waals surface area (Å²) >= 11 is 0. The zero-order chi connectivity index (χ0) is 17.2. The quantitative estimate of drug-likeness (QED) is 0.534. The van der Waals surface area contributed by atoms with Gasteiger partial charge in [-0.15, -0.1) is 0 Å². The predicted octanol–water partition coefficient (Wildman–Crippen LogP) is 6.80. The van der Waals surface area contributed by atoms with E-state index in [2.05, 4.69) is 69.2 Å². The molecule has 0 radical (unpaired) electrons. The Hall–Kier alpha value is -0.780. The largest absolute Gasteiger partial charge is 0.0683 e. The zero-order valence-electron chi connectivity index (χ0n) is 16.7. The standard InChI is InChI=1S/C19H32.C2H6/c1-11-15-13(3)12(2)14(4)16(18(5,6)7)17(15)19(8,9)10;1-2/h11H2,1-10H3;1-2H3. The average molecular weight is 291 g/mol. The molecule has 0 aliphatic rings. The van der Waals surface area contributed by atoms with Gasteiger partial charge >= 0.3 is 0 Å². The maximum absolute atomic E-state index is 2.35. The van der Waals surface area contributed by atoms with Crippen molar-refractivity contribution in [2.45, 2.75) is 100 Å². The highest BCUT2D eigenvalue weighted by Gasteiger charge is 2.30. The summed E-state index contributed by atoms with van der Waals surface area (Å²) in [5.74, 6) is 0. The lowest BCUT2D eigenvalue weighted by atomic mass is 9.69. The molecule has 1 aromatic carbocycles. The molecule has 0 saturated heterocycles. The summed E-state index contributed by atoms with van der Waals surface area (Å²) in [6.45, 7) is 27.3. The summed E-state index contributed by atoms with van der Waals surface area (Å²) in [6, 6.07) is 0. The molecular formula is C21H38. The molecule has 0 heterocycles. The Balaban J connectivity index is 0.00000191. The van der Waals surface area contributed by atoms with Gasteiger partial charge in [0.05, 0.1) is 0 Å². The minimum absolute atomic E-state index is 0.203. The highest BCUT2D eigenvalue weighted by molar-refractivity contribution is 5.55. The van der Waals surface area contributed by atoms with Crippen LogP contribution < -0.4 is 0 Å². The molecule has 0 bridgehead atoms. The molecule has 0 N–H and O–H groups in total. The Morgan fingerprint density at radius 3 is 1.29 bits per heavy atom. The van der Waals surface area contributed by atoms with Crippen molar-refractivity contribution in [1.29, 1.82) is 0 Å². The Kier molecular flexibility index (Phi) is 6.73. The van der Waals surface area contributed by atoms with Crippen molar-refractivity contribution in [2.24, 2.45) is 0 Å². The molecule has 0 spiro atoms. The van der Waals surface area contributed by atoms with Gasteiger partial charge in [0.1, 0.15) is 0 Å². The third-order valence-electron chi connectivity index (χ3n) is 4.36. The predicted molar refractivity (Wildman–Crippen MR) is 98.8 cm³/mol. The lowest BCUT2D eigenvalue weighted by Crippen LogP contribution is -2.26. The Morgan fingerprint density at radius 2 is 1.00 bits per heavy atom. The van der Waals surface area contributed by atoms with Gasteiger partial charge in [-0.3, -0.25) is 0 Å². The topological polar surface area (TPSA) is 0 Å². The summed E-state index contributed by atoms with van der Waals surface area (Å²) in [7, 11) is 0. The van der Waals surface area contributed by atoms with E-state index in [1.54, 1.807) is 16.7 Å². The van der Waals surface area contributed by atoms with Gasteiger partial charge < -0.3 is 0 Å². The van der Waals surface area contributed by atoms with Crippen LogP contribution in [0.4, 0.5) is 0 Å². The maximum atomic E-state index is 2.35. The summed E-state index contributed by atoms with van der Waals surface area (Å²) in [4.78, 5) is 0. The van der Waals surface area contributed by atoms with Crippen molar-refractivity contribution in [1.82, 2.24) is 0 Å². The van der Waals surface area contributed by atoms with Crippen molar-refractivity contribution in [3.05, 3.63) is 33.4 Å². The van der Waals surface area contributed by atoms with E-state index in [-0.39, 0.29) is 10.8 Å². The van der Waals surface area contributed by atoms with Crippen LogP contribution >= 0.6 is 0 Å². The molecule has 0 aliphatic heterocycles. The highest BCUT2D eigenvalue weighted by Crippen LogP contribution is 2.41. The number of hydrogen-bond donors (Lipinski definition) is 0. The molecule has 122 valence electrons. The Morgan fingerprint density at radius 1 is 0.619 bits per heavy atom. The molecule has 0 heteroatoms. The van der Waals surface area contributed by atoms with Crippen LogP contribution in [0, 0.1) is 20.8 Å². The first kappa shape index (κ1) is 20.2. The van der Waals surface area contributed by atoms with Crippen LogP contribution in [0.2, 0.25) is 0 Å². The normalized spacial score (nSPS) is 12.0. The van der Waals surface area contributed by atoms with Gasteiger partial charge in [-0.1, -0.05) is 62.3 Å². The van der Waals surface area contributed by atoms with E-state index in [1.165, 1.54) is 16.7 Å². The van der Waals surface area contributed by atoms with E-state index >= 15 is 0 Å². The van der Waals surface area contributed by atoms with Crippen LogP contribution in [0.1, 0.15) is 95.7 Å². The van der Waals surface area contributed by atoms with Crippen molar-refractivity contribution in [2.75, 3.05) is 0 Å². The number of hydrogen-bond acceptors (Lipinski definition) is 0. The molecule has 0 fully saturated rings. The van der Waals surface area contributed by atoms with E-state index in [0.717, 1.165) is 6.42 Å². The fraction of sp³-hybridized carbons (Fsp3) is 0.714. The van der Waals surface area contributed by atoms with Crippen LogP contribution in [-0.4, -0.2) is 0 Å². The van der Waals surface area contributed by atoms with Gasteiger partial charge in [0.25, 0.3) is 0 Å². The first-order valence-electron chi connectivity index (χ1n) is 8.56. The molecule has 0 nitrogen and oxygen atoms in total. The van der Waals surface area contributed by atoms with Gasteiger partial charge in [0.2, 0.25) is 0 Å². The van der Waals surface area contributed by atoms with Crippen molar-refractivity contribution in [3.63, 3.8) is 0 Å². The van der Waals surface area contributed by atoms with E-state index in [9.17, 15) is 0 Å². The van der Waals surface area contributed by atoms with Crippen LogP contribution in [0.25, 0.3) is 0 Å². The first-order valence-corrected chi connectivity index (χ1v) is 8.56. The fourth-order valence-electron chi connectivity index (χ4n) is 3.43. The van der Waals surface area contributed by atoms with E-state index < -0.39 is 0 Å². The van der Waals surface area contributed by atoms with Crippen LogP contribution in [0.3, 0.4) is 0 Å². The lowest BCUT2D eigenvalue weighted by Gasteiger charge is -2.36. The third-order valence-corrected chi connectivity index (χ3v) is 4.36. The third kappa shape index (κ3) is 4.11. The second-order valence-electron chi connectivity index (χ2n) is 7.96. The molecule has 0 unspecified atom stereocenters. The van der Waals surface area contributed by atoms with Gasteiger partial charge in [0, 0.05) is 0 Å². The second kappa shape index (κ2) is 6.99. The molecule has 1 aromatic rings. The van der Waals surface area contributed by atoms with Gasteiger partial charge in [-0.05, 0) is 71.4 Å². The van der Waals surface area contributed by atoms with Crippen molar-refractivity contribution < 1.29 is 0 Å². The monoisotopic (exact) mass is 290 g/mol. The minimum Gasteiger partial charge on any atom is -0.0683 e. The maximum Gasteiger partial charge on any atom is -0.0126 e. The molecule has 0 aliphatic carbocycles. The van der Waals surface area contributed by atoms with E-state index in [0.29, 0.717) is 0 Å². The molecule has 0 aromatic heterocycles. The van der Waals surface area contributed by atoms with Crippen LogP contribution in [0.15, 0.2) is 0 Å². The molecule has 0 amide bonds. The molecule has 0 saturated carbocycles. The Labute approximate surface area is 134 Å². The van der Waals surface area contributed by atoms with Gasteiger partial charge in [-0.25, -0.2) is 0 Å². The molecule has 21 heavy (non-hydrogen) atoms. The van der Waals surface area contributed by atoms with Crippen molar-refractivity contribution in [3.8, 4) is 0 Å². The van der Waals surface area contributed by atoms with E-state index in [1.807, 2.05) is 13.8 Å². The van der Waals surface area contributed by atoms with Gasteiger partial charge in [-0.2, -0.15) is 0 Å². The van der Waals surface area contributed by atoms with Crippen LogP contribution in [-0.2, 0) is 17.3 Å². The summed E-state index contributed by atoms with van der Waals surface area (Å²) in [6.07, 6.45) is 1.13. The summed E-state index contributed by atoms with van der Waals surface area (Å²) < 4.78 is 0. The Bertz CT molecular complexity index is 476. The average Bonchev–Trinajstić information content (AvgIpc) is 2.35. The lowest BCUT2D eigenvalue weighted by molar-refractivity contribution is 0.521. The zero-order valence-corrected chi connectivity index (χ0v) is 16.7. The van der Waals surface area contributed by atoms with Gasteiger partial charge in [0.15, 0.2) is 0 Å². The molecular weight excluding hydrogens is 252 g/mol. The smallest absolute Gasteiger partial charge is 0.0126 e. The first-order chi connectivity index (χ1) is 9.42. The summed E-state index contributed by atoms with van der Waals surface area (Å²) in [5.41, 5.74) is 9.61. The van der Waals surface area contributed by atoms with Crippen LogP contribution in [0.5, 0.6) is 0 Å². The van der Waals surface area contributed by atoms with E-state index in [4.69, 9.17) is 0 Å². The number of rotatable bonds is 1. The second-order valence-corrected chi connectivity index (χ2v) is 7.96. The minimum atomic E-state index is 0.203. The molecule has 1 rings (SSSR count). The fourth-order valence-corrected chi connectivity index (χ4v) is 3.43. The summed E-state index contributed by atoms with van der Waals surface area (Å²) in [5, 5.41) is 0. The SMILES string of the molecule is CC.CCc1c(C)c(C)c(C)c(C(C)(C)C)c1C(C)(C)C. The molecule has 0 atom stereocenters.